The summed E-state index contributed by atoms with van der Waals surface area (Å²) in [4.78, 5) is 13.9. The summed E-state index contributed by atoms with van der Waals surface area (Å²) in [7, 11) is 1.92. The third kappa shape index (κ3) is 5.39. The van der Waals surface area contributed by atoms with Gasteiger partial charge in [0.15, 0.2) is 0 Å². The highest BCUT2D eigenvalue weighted by Gasteiger charge is 2.15. The number of rotatable bonds is 7. The summed E-state index contributed by atoms with van der Waals surface area (Å²) in [5.74, 6) is -0.425. The van der Waals surface area contributed by atoms with Crippen molar-refractivity contribution in [1.82, 2.24) is 4.90 Å². The molecule has 2 rings (SSSR count). The Bertz CT molecular complexity index is 501. The van der Waals surface area contributed by atoms with Crippen LogP contribution < -0.4 is 5.32 Å². The van der Waals surface area contributed by atoms with Crippen molar-refractivity contribution >= 4 is 11.6 Å². The highest BCUT2D eigenvalue weighted by atomic mass is 19.1. The molecule has 0 saturated carbocycles. The van der Waals surface area contributed by atoms with Crippen molar-refractivity contribution in [1.29, 1.82) is 0 Å². The second kappa shape index (κ2) is 8.25. The van der Waals surface area contributed by atoms with Crippen molar-refractivity contribution in [2.24, 2.45) is 0 Å². The van der Waals surface area contributed by atoms with E-state index in [2.05, 4.69) is 5.32 Å². The summed E-state index contributed by atoms with van der Waals surface area (Å²) in [6, 6.07) is 4.73. The number of anilines is 1. The van der Waals surface area contributed by atoms with Crippen LogP contribution in [0.25, 0.3) is 0 Å². The molecule has 1 fully saturated rings. The molecule has 0 unspecified atom stereocenters. The van der Waals surface area contributed by atoms with Gasteiger partial charge in [0, 0.05) is 12.3 Å². The van der Waals surface area contributed by atoms with Gasteiger partial charge in [-0.05, 0) is 63.9 Å². The van der Waals surface area contributed by atoms with Gasteiger partial charge in [0.05, 0.1) is 12.6 Å². The molecule has 1 aliphatic rings. The number of hydrogen-bond donors (Lipinski definition) is 1. The highest BCUT2D eigenvalue weighted by Crippen LogP contribution is 2.17. The maximum atomic E-state index is 13.4. The van der Waals surface area contributed by atoms with Gasteiger partial charge >= 0.3 is 0 Å². The lowest BCUT2D eigenvalue weighted by Crippen LogP contribution is -2.31. The van der Waals surface area contributed by atoms with Crippen molar-refractivity contribution in [2.45, 2.75) is 38.7 Å². The van der Waals surface area contributed by atoms with E-state index >= 15 is 0 Å². The maximum Gasteiger partial charge on any atom is 0.238 e. The number of ether oxygens (including phenoxy) is 1. The van der Waals surface area contributed by atoms with Crippen LogP contribution in [-0.4, -0.2) is 43.7 Å². The minimum atomic E-state index is -0.303. The lowest BCUT2D eigenvalue weighted by Gasteiger charge is -2.17. The molecule has 122 valence electrons. The number of carbonyl (C=O) groups excluding carboxylic acids is 1. The van der Waals surface area contributed by atoms with E-state index < -0.39 is 0 Å². The fourth-order valence-electron chi connectivity index (χ4n) is 2.66. The van der Waals surface area contributed by atoms with Gasteiger partial charge in [0.1, 0.15) is 5.82 Å². The summed E-state index contributed by atoms with van der Waals surface area (Å²) in [5.41, 5.74) is 1.07. The molecule has 1 heterocycles. The van der Waals surface area contributed by atoms with E-state index in [0.717, 1.165) is 38.8 Å². The summed E-state index contributed by atoms with van der Waals surface area (Å²) in [6.07, 6.45) is 4.79. The van der Waals surface area contributed by atoms with Gasteiger partial charge in [-0.3, -0.25) is 9.69 Å². The molecule has 1 saturated heterocycles. The van der Waals surface area contributed by atoms with Gasteiger partial charge in [0.2, 0.25) is 5.91 Å². The van der Waals surface area contributed by atoms with E-state index in [1.54, 1.807) is 19.1 Å². The molecule has 5 heteroatoms. The number of carbonyl (C=O) groups is 1. The van der Waals surface area contributed by atoms with Crippen LogP contribution in [0.15, 0.2) is 18.2 Å². The largest absolute Gasteiger partial charge is 0.378 e. The molecule has 0 aliphatic carbocycles. The standard InChI is InChI=1S/C17H25FN2O2/c1-13-7-8-14(11-16(13)18)19-17(21)12-20(2)9-3-5-15-6-4-10-22-15/h7-8,11,15H,3-6,9-10,12H2,1-2H3,(H,19,21)/t15-/m1/s1. The molecule has 0 radical (unpaired) electrons. The first-order valence-corrected chi connectivity index (χ1v) is 7.91. The Balaban J connectivity index is 1.67. The van der Waals surface area contributed by atoms with Crippen LogP contribution >= 0.6 is 0 Å². The number of likely N-dealkylation sites (N-methyl/N-ethyl adjacent to an activating group) is 1. The fourth-order valence-corrected chi connectivity index (χ4v) is 2.66. The number of amides is 1. The van der Waals surface area contributed by atoms with E-state index in [1.165, 1.54) is 6.07 Å². The van der Waals surface area contributed by atoms with Crippen molar-refractivity contribution < 1.29 is 13.9 Å². The first-order valence-electron chi connectivity index (χ1n) is 7.91. The van der Waals surface area contributed by atoms with Crippen LogP contribution in [0, 0.1) is 12.7 Å². The number of nitrogens with one attached hydrogen (secondary N) is 1. The Kier molecular flexibility index (Phi) is 6.34. The summed E-state index contributed by atoms with van der Waals surface area (Å²) >= 11 is 0. The van der Waals surface area contributed by atoms with E-state index in [1.807, 2.05) is 11.9 Å². The van der Waals surface area contributed by atoms with Crippen LogP contribution in [0.1, 0.15) is 31.2 Å². The second-order valence-corrected chi connectivity index (χ2v) is 6.03. The van der Waals surface area contributed by atoms with Crippen LogP contribution in [0.5, 0.6) is 0 Å². The lowest BCUT2D eigenvalue weighted by atomic mass is 10.1. The van der Waals surface area contributed by atoms with E-state index in [9.17, 15) is 9.18 Å². The zero-order chi connectivity index (χ0) is 15.9. The number of hydrogen-bond acceptors (Lipinski definition) is 3. The monoisotopic (exact) mass is 308 g/mol. The predicted molar refractivity (Wildman–Crippen MR) is 85.5 cm³/mol. The quantitative estimate of drug-likeness (QED) is 0.842. The molecule has 1 aromatic carbocycles. The van der Waals surface area contributed by atoms with Gasteiger partial charge in [0.25, 0.3) is 0 Å². The Morgan fingerprint density at radius 1 is 1.50 bits per heavy atom. The predicted octanol–water partition coefficient (Wildman–Crippen LogP) is 2.96. The molecule has 4 nitrogen and oxygen atoms in total. The van der Waals surface area contributed by atoms with Gasteiger partial charge in [-0.2, -0.15) is 0 Å². The van der Waals surface area contributed by atoms with Crippen LogP contribution in [-0.2, 0) is 9.53 Å². The molecular weight excluding hydrogens is 283 g/mol. The zero-order valence-electron chi connectivity index (χ0n) is 13.4. The van der Waals surface area contributed by atoms with Crippen molar-refractivity contribution in [2.75, 3.05) is 32.1 Å². The molecule has 1 aromatic rings. The fraction of sp³-hybridized carbons (Fsp3) is 0.588. The van der Waals surface area contributed by atoms with Gasteiger partial charge < -0.3 is 10.1 Å². The first-order chi connectivity index (χ1) is 10.5. The molecule has 0 aromatic heterocycles. The van der Waals surface area contributed by atoms with Crippen molar-refractivity contribution in [3.05, 3.63) is 29.6 Å². The zero-order valence-corrected chi connectivity index (χ0v) is 13.4. The van der Waals surface area contributed by atoms with Crippen LogP contribution in [0.2, 0.25) is 0 Å². The molecule has 0 spiro atoms. The van der Waals surface area contributed by atoms with E-state index in [0.29, 0.717) is 23.9 Å². The van der Waals surface area contributed by atoms with Gasteiger partial charge in [-0.25, -0.2) is 4.39 Å². The summed E-state index contributed by atoms with van der Waals surface area (Å²) in [6.45, 7) is 3.75. The summed E-state index contributed by atoms with van der Waals surface area (Å²) in [5, 5.41) is 2.73. The van der Waals surface area contributed by atoms with Crippen LogP contribution in [0.4, 0.5) is 10.1 Å². The van der Waals surface area contributed by atoms with Crippen molar-refractivity contribution in [3.63, 3.8) is 0 Å². The molecular formula is C17H25FN2O2. The first kappa shape index (κ1) is 16.9. The number of halogens is 1. The minimum Gasteiger partial charge on any atom is -0.378 e. The van der Waals surface area contributed by atoms with Crippen molar-refractivity contribution in [3.8, 4) is 0 Å². The SMILES string of the molecule is Cc1ccc(NC(=O)CN(C)CCC[C@@H]2CCCO2)cc1F. The third-order valence-electron chi connectivity index (χ3n) is 3.96. The van der Waals surface area contributed by atoms with E-state index in [4.69, 9.17) is 4.74 Å². The summed E-state index contributed by atoms with van der Waals surface area (Å²) < 4.78 is 19.0. The molecule has 1 atom stereocenters. The lowest BCUT2D eigenvalue weighted by molar-refractivity contribution is -0.117. The maximum absolute atomic E-state index is 13.4. The average molecular weight is 308 g/mol. The third-order valence-corrected chi connectivity index (χ3v) is 3.96. The van der Waals surface area contributed by atoms with Gasteiger partial charge in [-0.15, -0.1) is 0 Å². The Labute approximate surface area is 131 Å². The Morgan fingerprint density at radius 2 is 2.32 bits per heavy atom. The Hall–Kier alpha value is -1.46. The number of aryl methyl sites for hydroxylation is 1. The molecule has 1 N–H and O–H groups in total. The molecule has 1 aliphatic heterocycles. The minimum absolute atomic E-state index is 0.122. The second-order valence-electron chi connectivity index (χ2n) is 6.03. The topological polar surface area (TPSA) is 41.6 Å². The van der Waals surface area contributed by atoms with Crippen LogP contribution in [0.3, 0.4) is 0 Å². The number of nitrogens with zero attached hydrogens (tertiary/aromatic N) is 1. The smallest absolute Gasteiger partial charge is 0.238 e. The molecule has 22 heavy (non-hydrogen) atoms. The number of benzene rings is 1. The van der Waals surface area contributed by atoms with E-state index in [-0.39, 0.29) is 11.7 Å². The Morgan fingerprint density at radius 3 is 3.00 bits per heavy atom. The highest BCUT2D eigenvalue weighted by molar-refractivity contribution is 5.92. The average Bonchev–Trinajstić information content (AvgIpc) is 2.96. The molecule has 1 amide bonds. The van der Waals surface area contributed by atoms with Gasteiger partial charge in [-0.1, -0.05) is 6.07 Å². The molecule has 0 bridgehead atoms. The normalized spacial score (nSPS) is 17.9.